The summed E-state index contributed by atoms with van der Waals surface area (Å²) in [5, 5.41) is 3.36. The molecule has 21 heavy (non-hydrogen) atoms. The van der Waals surface area contributed by atoms with Gasteiger partial charge in [-0.2, -0.15) is 4.98 Å². The molecule has 0 aromatic carbocycles. The normalized spacial score (nSPS) is 12.2. The van der Waals surface area contributed by atoms with Gasteiger partial charge in [0.25, 0.3) is 0 Å². The molecule has 5 nitrogen and oxygen atoms in total. The first-order valence-corrected chi connectivity index (χ1v) is 7.98. The van der Waals surface area contributed by atoms with Crippen molar-refractivity contribution in [2.24, 2.45) is 0 Å². The van der Waals surface area contributed by atoms with Gasteiger partial charge in [0.1, 0.15) is 17.7 Å². The van der Waals surface area contributed by atoms with Crippen molar-refractivity contribution in [1.82, 2.24) is 9.97 Å². The minimum absolute atomic E-state index is 0.0212. The minimum Gasteiger partial charge on any atom is -0.472 e. The molecule has 0 saturated carbocycles. The highest BCUT2D eigenvalue weighted by molar-refractivity contribution is 5.48. The summed E-state index contributed by atoms with van der Waals surface area (Å²) in [6.45, 7) is 12.4. The molecule has 1 heterocycles. The Balaban J connectivity index is 2.90. The van der Waals surface area contributed by atoms with Gasteiger partial charge < -0.3 is 14.8 Å². The van der Waals surface area contributed by atoms with Gasteiger partial charge in [0.15, 0.2) is 0 Å². The molecule has 1 aromatic rings. The van der Waals surface area contributed by atoms with Crippen LogP contribution in [0.5, 0.6) is 5.88 Å². The number of hydrogen-bond donors (Lipinski definition) is 1. The Morgan fingerprint density at radius 2 is 1.90 bits per heavy atom. The average Bonchev–Trinajstić information content (AvgIpc) is 2.47. The lowest BCUT2D eigenvalue weighted by molar-refractivity contribution is 0.0628. The first-order chi connectivity index (χ1) is 10.1. The molecular formula is C16H29N3O2. The molecule has 1 rings (SSSR count). The summed E-state index contributed by atoms with van der Waals surface area (Å²) >= 11 is 0. The number of anilines is 1. The number of ether oxygens (including phenoxy) is 2. The molecule has 0 saturated heterocycles. The van der Waals surface area contributed by atoms with Crippen LogP contribution >= 0.6 is 0 Å². The van der Waals surface area contributed by atoms with Crippen molar-refractivity contribution in [2.45, 2.75) is 60.0 Å². The van der Waals surface area contributed by atoms with Crippen LogP contribution < -0.4 is 10.1 Å². The maximum absolute atomic E-state index is 5.94. The lowest BCUT2D eigenvalue weighted by Gasteiger charge is -2.18. The Morgan fingerprint density at radius 1 is 1.14 bits per heavy atom. The number of nitrogens with zero attached hydrogens (tertiary/aromatic N) is 2. The van der Waals surface area contributed by atoms with Gasteiger partial charge in [-0.3, -0.25) is 0 Å². The molecule has 0 aliphatic heterocycles. The van der Waals surface area contributed by atoms with Gasteiger partial charge in [-0.1, -0.05) is 13.8 Å². The summed E-state index contributed by atoms with van der Waals surface area (Å²) in [7, 11) is 0. The third kappa shape index (κ3) is 5.87. The van der Waals surface area contributed by atoms with Crippen molar-refractivity contribution in [3.8, 4) is 5.88 Å². The molecule has 0 aliphatic rings. The molecule has 1 N–H and O–H groups in total. The van der Waals surface area contributed by atoms with E-state index in [0.29, 0.717) is 19.1 Å². The molecule has 1 aromatic heterocycles. The molecule has 0 bridgehead atoms. The molecule has 120 valence electrons. The van der Waals surface area contributed by atoms with Gasteiger partial charge in [0.05, 0.1) is 12.2 Å². The molecule has 0 spiro atoms. The molecule has 1 unspecified atom stereocenters. The topological polar surface area (TPSA) is 56.3 Å². The molecule has 0 aliphatic carbocycles. The van der Waals surface area contributed by atoms with Crippen molar-refractivity contribution >= 4 is 5.82 Å². The molecule has 0 fully saturated rings. The average molecular weight is 295 g/mol. The summed E-state index contributed by atoms with van der Waals surface area (Å²) in [5.74, 6) is 2.38. The van der Waals surface area contributed by atoms with Gasteiger partial charge >= 0.3 is 0 Å². The Morgan fingerprint density at radius 3 is 2.52 bits per heavy atom. The summed E-state index contributed by atoms with van der Waals surface area (Å²) in [6, 6.07) is 0. The number of hydrogen-bond acceptors (Lipinski definition) is 5. The van der Waals surface area contributed by atoms with E-state index >= 15 is 0 Å². The van der Waals surface area contributed by atoms with Crippen molar-refractivity contribution in [3.63, 3.8) is 0 Å². The molecule has 0 amide bonds. The van der Waals surface area contributed by atoms with Crippen molar-refractivity contribution in [2.75, 3.05) is 25.1 Å². The van der Waals surface area contributed by atoms with Gasteiger partial charge in [0.2, 0.25) is 5.88 Å². The Bertz CT molecular complexity index is 424. The second-order valence-corrected chi connectivity index (χ2v) is 5.18. The first-order valence-electron chi connectivity index (χ1n) is 7.98. The van der Waals surface area contributed by atoms with E-state index in [9.17, 15) is 0 Å². The van der Waals surface area contributed by atoms with E-state index in [-0.39, 0.29) is 6.10 Å². The van der Waals surface area contributed by atoms with Crippen molar-refractivity contribution in [3.05, 3.63) is 11.4 Å². The van der Waals surface area contributed by atoms with Crippen LogP contribution in [0.2, 0.25) is 0 Å². The summed E-state index contributed by atoms with van der Waals surface area (Å²) in [5.41, 5.74) is 0.964. The van der Waals surface area contributed by atoms with Crippen LogP contribution in [0.1, 0.15) is 51.9 Å². The largest absolute Gasteiger partial charge is 0.472 e. The lowest BCUT2D eigenvalue weighted by Crippen LogP contribution is -2.21. The fourth-order valence-electron chi connectivity index (χ4n) is 1.91. The number of rotatable bonds is 10. The fourth-order valence-corrected chi connectivity index (χ4v) is 1.91. The van der Waals surface area contributed by atoms with Gasteiger partial charge in [-0.25, -0.2) is 4.98 Å². The lowest BCUT2D eigenvalue weighted by atomic mass is 10.2. The quantitative estimate of drug-likeness (QED) is 0.717. The molecule has 0 radical (unpaired) electrons. The van der Waals surface area contributed by atoms with Gasteiger partial charge in [0, 0.05) is 19.6 Å². The molecule has 1 atom stereocenters. The van der Waals surface area contributed by atoms with Gasteiger partial charge in [-0.05, 0) is 33.6 Å². The summed E-state index contributed by atoms with van der Waals surface area (Å²) < 4.78 is 11.3. The van der Waals surface area contributed by atoms with Gasteiger partial charge in [-0.15, -0.1) is 0 Å². The van der Waals surface area contributed by atoms with E-state index in [1.54, 1.807) is 0 Å². The van der Waals surface area contributed by atoms with E-state index in [0.717, 1.165) is 43.0 Å². The monoisotopic (exact) mass is 295 g/mol. The number of aromatic nitrogens is 2. The van der Waals surface area contributed by atoms with E-state index in [4.69, 9.17) is 9.47 Å². The van der Waals surface area contributed by atoms with Crippen LogP contribution in [0.4, 0.5) is 5.82 Å². The van der Waals surface area contributed by atoms with E-state index in [1.165, 1.54) is 0 Å². The number of aryl methyl sites for hydroxylation is 1. The maximum Gasteiger partial charge on any atom is 0.222 e. The van der Waals surface area contributed by atoms with Crippen LogP contribution in [0.25, 0.3) is 0 Å². The third-order valence-corrected chi connectivity index (χ3v) is 3.03. The standard InChI is InChI=1S/C16H29N3O2/c1-6-9-14-18-15(17-10-7-2)13(5)16(19-14)21-12(4)11-20-8-3/h12H,6-11H2,1-5H3,(H,17,18,19). The Hall–Kier alpha value is -1.36. The van der Waals surface area contributed by atoms with Crippen LogP contribution in [0, 0.1) is 6.92 Å². The SMILES string of the molecule is CCCNc1nc(CCC)nc(OC(C)COCC)c1C. The number of nitrogens with one attached hydrogen (secondary N) is 1. The zero-order valence-electron chi connectivity index (χ0n) is 14.0. The smallest absolute Gasteiger partial charge is 0.222 e. The van der Waals surface area contributed by atoms with Crippen molar-refractivity contribution < 1.29 is 9.47 Å². The molecular weight excluding hydrogens is 266 g/mol. The highest BCUT2D eigenvalue weighted by atomic mass is 16.5. The highest BCUT2D eigenvalue weighted by Crippen LogP contribution is 2.23. The summed E-state index contributed by atoms with van der Waals surface area (Å²) in [6.07, 6.45) is 2.91. The first kappa shape index (κ1) is 17.7. The van der Waals surface area contributed by atoms with Crippen LogP contribution in [-0.2, 0) is 11.2 Å². The minimum atomic E-state index is -0.0212. The maximum atomic E-state index is 5.94. The predicted molar refractivity (Wildman–Crippen MR) is 86.1 cm³/mol. The fraction of sp³-hybridized carbons (Fsp3) is 0.750. The summed E-state index contributed by atoms with van der Waals surface area (Å²) in [4.78, 5) is 9.15. The Kier molecular flexibility index (Phi) is 8.05. The van der Waals surface area contributed by atoms with E-state index < -0.39 is 0 Å². The van der Waals surface area contributed by atoms with E-state index in [2.05, 4.69) is 29.1 Å². The second-order valence-electron chi connectivity index (χ2n) is 5.18. The van der Waals surface area contributed by atoms with Crippen molar-refractivity contribution in [1.29, 1.82) is 0 Å². The van der Waals surface area contributed by atoms with Crippen LogP contribution in [-0.4, -0.2) is 35.8 Å². The molecule has 5 heteroatoms. The Labute approximate surface area is 128 Å². The highest BCUT2D eigenvalue weighted by Gasteiger charge is 2.14. The van der Waals surface area contributed by atoms with E-state index in [1.807, 2.05) is 20.8 Å². The van der Waals surface area contributed by atoms with Crippen LogP contribution in [0.15, 0.2) is 0 Å². The van der Waals surface area contributed by atoms with Crippen LogP contribution in [0.3, 0.4) is 0 Å². The zero-order chi connectivity index (χ0) is 15.7. The third-order valence-electron chi connectivity index (χ3n) is 3.03. The predicted octanol–water partition coefficient (Wildman–Crippen LogP) is 3.36. The second kappa shape index (κ2) is 9.55. The zero-order valence-corrected chi connectivity index (χ0v) is 14.0.